The lowest BCUT2D eigenvalue weighted by atomic mass is 9.99. The van der Waals surface area contributed by atoms with Crippen molar-refractivity contribution in [3.63, 3.8) is 0 Å². The van der Waals surface area contributed by atoms with E-state index in [1.165, 1.54) is 49.3 Å². The Labute approximate surface area is 157 Å². The van der Waals surface area contributed by atoms with E-state index >= 15 is 0 Å². The van der Waals surface area contributed by atoms with Crippen molar-refractivity contribution in [1.82, 2.24) is 19.6 Å². The van der Waals surface area contributed by atoms with Crippen LogP contribution in [0.1, 0.15) is 43.0 Å². The van der Waals surface area contributed by atoms with E-state index in [0.29, 0.717) is 6.04 Å². The second-order valence-electron chi connectivity index (χ2n) is 8.04. The van der Waals surface area contributed by atoms with Crippen LogP contribution in [0.3, 0.4) is 0 Å². The summed E-state index contributed by atoms with van der Waals surface area (Å²) in [6.07, 6.45) is 7.11. The van der Waals surface area contributed by atoms with Crippen molar-refractivity contribution in [3.05, 3.63) is 53.3 Å². The lowest BCUT2D eigenvalue weighted by Crippen LogP contribution is -2.56. The second kappa shape index (κ2) is 7.93. The molecule has 140 valence electrons. The van der Waals surface area contributed by atoms with Crippen LogP contribution in [0.2, 0.25) is 0 Å². The fourth-order valence-corrected chi connectivity index (χ4v) is 4.72. The molecule has 4 nitrogen and oxygen atoms in total. The van der Waals surface area contributed by atoms with Crippen LogP contribution in [0.4, 0.5) is 0 Å². The summed E-state index contributed by atoms with van der Waals surface area (Å²) < 4.78 is 2.17. The fourth-order valence-electron chi connectivity index (χ4n) is 4.72. The molecule has 2 fully saturated rings. The molecule has 4 rings (SSSR count). The van der Waals surface area contributed by atoms with Gasteiger partial charge >= 0.3 is 0 Å². The molecule has 0 bridgehead atoms. The average molecular weight is 353 g/mol. The largest absolute Gasteiger partial charge is 0.298 e. The summed E-state index contributed by atoms with van der Waals surface area (Å²) in [5.41, 5.74) is 4.21. The van der Waals surface area contributed by atoms with Crippen LogP contribution in [0.5, 0.6) is 0 Å². The molecule has 0 amide bonds. The first-order valence-corrected chi connectivity index (χ1v) is 10.3. The monoisotopic (exact) mass is 352 g/mol. The number of aryl methyl sites for hydroxylation is 1. The molecule has 2 saturated heterocycles. The number of benzene rings is 1. The van der Waals surface area contributed by atoms with Gasteiger partial charge in [-0.05, 0) is 44.7 Å². The molecule has 2 atom stereocenters. The summed E-state index contributed by atoms with van der Waals surface area (Å²) in [6.45, 7) is 10.2. The minimum absolute atomic E-state index is 0.598. The SMILES string of the molecule is CCCn1ncc(CN2C[C@@H]3CCCN3C[C@@H]2Cc2ccccc2)c1C. The molecule has 1 aromatic carbocycles. The van der Waals surface area contributed by atoms with Gasteiger partial charge in [0, 0.05) is 49.5 Å². The summed E-state index contributed by atoms with van der Waals surface area (Å²) in [7, 11) is 0. The van der Waals surface area contributed by atoms with Crippen molar-refractivity contribution in [2.75, 3.05) is 19.6 Å². The van der Waals surface area contributed by atoms with E-state index in [-0.39, 0.29) is 0 Å². The third kappa shape index (κ3) is 3.72. The van der Waals surface area contributed by atoms with Gasteiger partial charge in [0.25, 0.3) is 0 Å². The molecule has 2 aromatic rings. The number of hydrogen-bond donors (Lipinski definition) is 0. The predicted molar refractivity (Wildman–Crippen MR) is 106 cm³/mol. The van der Waals surface area contributed by atoms with Gasteiger partial charge in [-0.1, -0.05) is 37.3 Å². The first kappa shape index (κ1) is 17.7. The normalized spacial score (nSPS) is 24.1. The summed E-state index contributed by atoms with van der Waals surface area (Å²) in [5.74, 6) is 0. The predicted octanol–water partition coefficient (Wildman–Crippen LogP) is 3.49. The molecular weight excluding hydrogens is 320 g/mol. The van der Waals surface area contributed by atoms with E-state index in [0.717, 1.165) is 32.0 Å². The van der Waals surface area contributed by atoms with Gasteiger partial charge in [0.2, 0.25) is 0 Å². The standard InChI is InChI=1S/C22H32N4/c1-3-11-26-18(2)20(14-23-26)15-25-16-21-10-7-12-24(21)17-22(25)13-19-8-5-4-6-9-19/h4-6,8-9,14,21-22H,3,7,10-13,15-17H2,1-2H3/t21-,22-/m0/s1. The van der Waals surface area contributed by atoms with Crippen molar-refractivity contribution in [2.45, 2.75) is 64.7 Å². The van der Waals surface area contributed by atoms with Crippen LogP contribution < -0.4 is 0 Å². The Hall–Kier alpha value is -1.65. The molecule has 2 aliphatic heterocycles. The van der Waals surface area contributed by atoms with Crippen LogP contribution in [-0.4, -0.2) is 51.3 Å². The van der Waals surface area contributed by atoms with Crippen molar-refractivity contribution >= 4 is 0 Å². The highest BCUT2D eigenvalue weighted by molar-refractivity contribution is 5.19. The van der Waals surface area contributed by atoms with Gasteiger partial charge in [0.1, 0.15) is 0 Å². The van der Waals surface area contributed by atoms with Crippen LogP contribution in [0.15, 0.2) is 36.5 Å². The van der Waals surface area contributed by atoms with Gasteiger partial charge in [-0.25, -0.2) is 0 Å². The molecule has 2 aliphatic rings. The molecule has 0 unspecified atom stereocenters. The Kier molecular flexibility index (Phi) is 5.41. The van der Waals surface area contributed by atoms with Crippen LogP contribution in [0.25, 0.3) is 0 Å². The highest BCUT2D eigenvalue weighted by Crippen LogP contribution is 2.28. The Morgan fingerprint density at radius 2 is 2.00 bits per heavy atom. The maximum atomic E-state index is 4.63. The van der Waals surface area contributed by atoms with E-state index in [9.17, 15) is 0 Å². The molecule has 0 N–H and O–H groups in total. The van der Waals surface area contributed by atoms with E-state index in [2.05, 4.69) is 70.0 Å². The van der Waals surface area contributed by atoms with Gasteiger partial charge < -0.3 is 0 Å². The lowest BCUT2D eigenvalue weighted by Gasteiger charge is -2.44. The van der Waals surface area contributed by atoms with Gasteiger partial charge in [0.05, 0.1) is 6.20 Å². The fraction of sp³-hybridized carbons (Fsp3) is 0.591. The number of fused-ring (bicyclic) bond motifs is 1. The minimum Gasteiger partial charge on any atom is -0.298 e. The smallest absolute Gasteiger partial charge is 0.0537 e. The topological polar surface area (TPSA) is 24.3 Å². The summed E-state index contributed by atoms with van der Waals surface area (Å²) in [4.78, 5) is 5.47. The Morgan fingerprint density at radius 3 is 2.81 bits per heavy atom. The van der Waals surface area contributed by atoms with E-state index < -0.39 is 0 Å². The minimum atomic E-state index is 0.598. The zero-order valence-electron chi connectivity index (χ0n) is 16.3. The maximum absolute atomic E-state index is 4.63. The highest BCUT2D eigenvalue weighted by atomic mass is 15.3. The third-order valence-corrected chi connectivity index (χ3v) is 6.23. The van der Waals surface area contributed by atoms with Crippen molar-refractivity contribution in [2.24, 2.45) is 0 Å². The molecule has 0 saturated carbocycles. The Balaban J connectivity index is 1.52. The highest BCUT2D eigenvalue weighted by Gasteiger charge is 2.36. The average Bonchev–Trinajstić information content (AvgIpc) is 3.24. The van der Waals surface area contributed by atoms with E-state index in [1.54, 1.807) is 0 Å². The molecule has 3 heterocycles. The first-order chi connectivity index (χ1) is 12.7. The van der Waals surface area contributed by atoms with Crippen LogP contribution >= 0.6 is 0 Å². The zero-order chi connectivity index (χ0) is 17.9. The van der Waals surface area contributed by atoms with Gasteiger partial charge in [-0.2, -0.15) is 5.10 Å². The van der Waals surface area contributed by atoms with Crippen LogP contribution in [-0.2, 0) is 19.5 Å². The maximum Gasteiger partial charge on any atom is 0.0537 e. The number of nitrogens with zero attached hydrogens (tertiary/aromatic N) is 4. The van der Waals surface area contributed by atoms with Gasteiger partial charge in [0.15, 0.2) is 0 Å². The zero-order valence-corrected chi connectivity index (χ0v) is 16.3. The summed E-state index contributed by atoms with van der Waals surface area (Å²) in [5, 5.41) is 4.63. The van der Waals surface area contributed by atoms with Gasteiger partial charge in [-0.3, -0.25) is 14.5 Å². The molecule has 0 radical (unpaired) electrons. The number of rotatable bonds is 6. The molecular formula is C22H32N4. The molecule has 0 aliphatic carbocycles. The summed E-state index contributed by atoms with van der Waals surface area (Å²) >= 11 is 0. The second-order valence-corrected chi connectivity index (χ2v) is 8.04. The number of piperazine rings is 1. The van der Waals surface area contributed by atoms with Crippen molar-refractivity contribution in [1.29, 1.82) is 0 Å². The molecule has 4 heteroatoms. The molecule has 0 spiro atoms. The summed E-state index contributed by atoms with van der Waals surface area (Å²) in [6, 6.07) is 12.4. The van der Waals surface area contributed by atoms with Crippen molar-refractivity contribution in [3.8, 4) is 0 Å². The van der Waals surface area contributed by atoms with E-state index in [4.69, 9.17) is 0 Å². The first-order valence-electron chi connectivity index (χ1n) is 10.3. The molecule has 26 heavy (non-hydrogen) atoms. The van der Waals surface area contributed by atoms with Crippen LogP contribution in [0, 0.1) is 6.92 Å². The quantitative estimate of drug-likeness (QED) is 0.795. The van der Waals surface area contributed by atoms with Gasteiger partial charge in [-0.15, -0.1) is 0 Å². The van der Waals surface area contributed by atoms with Crippen molar-refractivity contribution < 1.29 is 0 Å². The van der Waals surface area contributed by atoms with E-state index in [1.807, 2.05) is 0 Å². The number of aromatic nitrogens is 2. The lowest BCUT2D eigenvalue weighted by molar-refractivity contribution is 0.0454. The Morgan fingerprint density at radius 1 is 1.15 bits per heavy atom. The Bertz CT molecular complexity index is 708. The molecule has 1 aromatic heterocycles. The number of hydrogen-bond acceptors (Lipinski definition) is 3. The third-order valence-electron chi connectivity index (χ3n) is 6.23.